The molecule has 92 valence electrons. The molecule has 1 aromatic carbocycles. The Hall–Kier alpha value is -1.62. The van der Waals surface area contributed by atoms with Crippen LogP contribution in [0.2, 0.25) is 0 Å². The molecular formula is C12H13FO4. The summed E-state index contributed by atoms with van der Waals surface area (Å²) in [4.78, 5) is 11.7. The van der Waals surface area contributed by atoms with Crippen molar-refractivity contribution in [1.29, 1.82) is 0 Å². The molecule has 1 atom stereocenters. The van der Waals surface area contributed by atoms with E-state index >= 15 is 0 Å². The Morgan fingerprint density at radius 2 is 2.35 bits per heavy atom. The average molecular weight is 240 g/mol. The summed E-state index contributed by atoms with van der Waals surface area (Å²) in [6, 6.07) is 4.03. The summed E-state index contributed by atoms with van der Waals surface area (Å²) in [5.74, 6) is -0.947. The number of hydrogen-bond acceptors (Lipinski definition) is 4. The molecule has 0 amide bonds. The highest BCUT2D eigenvalue weighted by Crippen LogP contribution is 2.18. The second kappa shape index (κ2) is 5.14. The van der Waals surface area contributed by atoms with Gasteiger partial charge in [0.15, 0.2) is 0 Å². The van der Waals surface area contributed by atoms with Crippen molar-refractivity contribution in [3.05, 3.63) is 29.6 Å². The molecule has 5 heteroatoms. The molecule has 1 fully saturated rings. The molecule has 1 aromatic rings. The lowest BCUT2D eigenvalue weighted by atomic mass is 10.2. The van der Waals surface area contributed by atoms with E-state index in [0.717, 1.165) is 6.07 Å². The number of methoxy groups -OCH3 is 1. The minimum Gasteiger partial charge on any atom is -0.497 e. The van der Waals surface area contributed by atoms with E-state index in [1.165, 1.54) is 19.2 Å². The number of carbonyl (C=O) groups is 1. The van der Waals surface area contributed by atoms with Crippen LogP contribution in [0.4, 0.5) is 4.39 Å². The molecule has 2 rings (SSSR count). The van der Waals surface area contributed by atoms with Crippen molar-refractivity contribution < 1.29 is 23.4 Å². The Kier molecular flexibility index (Phi) is 3.58. The molecule has 0 unspecified atom stereocenters. The van der Waals surface area contributed by atoms with Crippen LogP contribution in [0, 0.1) is 5.82 Å². The summed E-state index contributed by atoms with van der Waals surface area (Å²) < 4.78 is 28.6. The zero-order chi connectivity index (χ0) is 12.3. The predicted octanol–water partition coefficient (Wildman–Crippen LogP) is 1.78. The van der Waals surface area contributed by atoms with Crippen molar-refractivity contribution >= 4 is 5.97 Å². The minimum absolute atomic E-state index is 0.0855. The van der Waals surface area contributed by atoms with Gasteiger partial charge in [0.1, 0.15) is 17.7 Å². The van der Waals surface area contributed by atoms with Crippen molar-refractivity contribution in [1.82, 2.24) is 0 Å². The number of benzene rings is 1. The van der Waals surface area contributed by atoms with Gasteiger partial charge in [-0.2, -0.15) is 0 Å². The molecule has 0 saturated carbocycles. The normalized spacial score (nSPS) is 19.1. The van der Waals surface area contributed by atoms with Gasteiger partial charge in [-0.1, -0.05) is 0 Å². The van der Waals surface area contributed by atoms with Crippen LogP contribution in [-0.4, -0.2) is 32.4 Å². The molecular weight excluding hydrogens is 227 g/mol. The third kappa shape index (κ3) is 2.74. The van der Waals surface area contributed by atoms with Gasteiger partial charge >= 0.3 is 5.97 Å². The van der Waals surface area contributed by atoms with Crippen LogP contribution < -0.4 is 4.74 Å². The highest BCUT2D eigenvalue weighted by atomic mass is 19.1. The van der Waals surface area contributed by atoms with E-state index in [0.29, 0.717) is 25.4 Å². The highest BCUT2D eigenvalue weighted by molar-refractivity contribution is 5.90. The summed E-state index contributed by atoms with van der Waals surface area (Å²) in [6.45, 7) is 0.951. The summed E-state index contributed by atoms with van der Waals surface area (Å²) in [5, 5.41) is 0. The van der Waals surface area contributed by atoms with Crippen LogP contribution in [0.3, 0.4) is 0 Å². The first-order valence-electron chi connectivity index (χ1n) is 5.33. The van der Waals surface area contributed by atoms with Gasteiger partial charge < -0.3 is 14.2 Å². The van der Waals surface area contributed by atoms with Gasteiger partial charge in [-0.05, 0) is 12.1 Å². The van der Waals surface area contributed by atoms with Gasteiger partial charge in [0.25, 0.3) is 0 Å². The lowest BCUT2D eigenvalue weighted by molar-refractivity contribution is 0.0265. The van der Waals surface area contributed by atoms with E-state index in [-0.39, 0.29) is 11.7 Å². The summed E-state index contributed by atoms with van der Waals surface area (Å²) in [7, 11) is 1.43. The maximum absolute atomic E-state index is 13.5. The van der Waals surface area contributed by atoms with Gasteiger partial charge in [0.05, 0.1) is 25.9 Å². The van der Waals surface area contributed by atoms with E-state index in [1.807, 2.05) is 0 Å². The Bertz CT molecular complexity index is 413. The van der Waals surface area contributed by atoms with Crippen molar-refractivity contribution in [3.63, 3.8) is 0 Å². The first-order chi connectivity index (χ1) is 8.20. The fourth-order valence-corrected chi connectivity index (χ4v) is 1.61. The number of halogens is 1. The number of ether oxygens (including phenoxy) is 3. The molecule has 0 radical (unpaired) electrons. The smallest absolute Gasteiger partial charge is 0.341 e. The molecule has 17 heavy (non-hydrogen) atoms. The van der Waals surface area contributed by atoms with Crippen molar-refractivity contribution in [2.75, 3.05) is 20.3 Å². The molecule has 0 N–H and O–H groups in total. The fourth-order valence-electron chi connectivity index (χ4n) is 1.61. The van der Waals surface area contributed by atoms with Gasteiger partial charge in [0, 0.05) is 12.5 Å². The topological polar surface area (TPSA) is 44.8 Å². The Morgan fingerprint density at radius 3 is 2.94 bits per heavy atom. The van der Waals surface area contributed by atoms with E-state index < -0.39 is 11.8 Å². The van der Waals surface area contributed by atoms with Crippen molar-refractivity contribution in [2.24, 2.45) is 0 Å². The SMILES string of the molecule is COc1ccc(C(=O)O[C@H]2CCOC2)c(F)c1. The number of esters is 1. The summed E-state index contributed by atoms with van der Waals surface area (Å²) in [5.41, 5.74) is -0.0855. The Labute approximate surface area is 98.3 Å². The maximum atomic E-state index is 13.5. The zero-order valence-corrected chi connectivity index (χ0v) is 9.44. The van der Waals surface area contributed by atoms with E-state index in [9.17, 15) is 9.18 Å². The van der Waals surface area contributed by atoms with Crippen molar-refractivity contribution in [2.45, 2.75) is 12.5 Å². The van der Waals surface area contributed by atoms with Crippen LogP contribution in [-0.2, 0) is 9.47 Å². The number of rotatable bonds is 3. The second-order valence-corrected chi connectivity index (χ2v) is 3.74. The van der Waals surface area contributed by atoms with Gasteiger partial charge in [-0.25, -0.2) is 9.18 Å². The van der Waals surface area contributed by atoms with Crippen LogP contribution in [0.15, 0.2) is 18.2 Å². The van der Waals surface area contributed by atoms with E-state index in [2.05, 4.69) is 0 Å². The van der Waals surface area contributed by atoms with E-state index in [1.54, 1.807) is 0 Å². The molecule has 0 spiro atoms. The largest absolute Gasteiger partial charge is 0.497 e. The van der Waals surface area contributed by atoms with Crippen molar-refractivity contribution in [3.8, 4) is 5.75 Å². The summed E-state index contributed by atoms with van der Waals surface area (Å²) >= 11 is 0. The molecule has 1 saturated heterocycles. The quantitative estimate of drug-likeness (QED) is 0.755. The van der Waals surface area contributed by atoms with Crippen LogP contribution >= 0.6 is 0 Å². The molecule has 0 bridgehead atoms. The number of hydrogen-bond donors (Lipinski definition) is 0. The lowest BCUT2D eigenvalue weighted by Gasteiger charge is -2.10. The van der Waals surface area contributed by atoms with Crippen LogP contribution in [0.25, 0.3) is 0 Å². The fraction of sp³-hybridized carbons (Fsp3) is 0.417. The monoisotopic (exact) mass is 240 g/mol. The lowest BCUT2D eigenvalue weighted by Crippen LogP contribution is -2.18. The van der Waals surface area contributed by atoms with Crippen LogP contribution in [0.5, 0.6) is 5.75 Å². The molecule has 1 heterocycles. The average Bonchev–Trinajstić information content (AvgIpc) is 2.81. The standard InChI is InChI=1S/C12H13FO4/c1-15-8-2-3-10(11(13)6-8)12(14)17-9-4-5-16-7-9/h2-3,6,9H,4-5,7H2,1H3/t9-/m0/s1. The molecule has 1 aliphatic heterocycles. The third-order valence-electron chi connectivity index (χ3n) is 2.56. The molecule has 0 aliphatic carbocycles. The first kappa shape index (κ1) is 11.9. The summed E-state index contributed by atoms with van der Waals surface area (Å²) in [6.07, 6.45) is 0.382. The molecule has 0 aromatic heterocycles. The third-order valence-corrected chi connectivity index (χ3v) is 2.56. The highest BCUT2D eigenvalue weighted by Gasteiger charge is 2.22. The van der Waals surface area contributed by atoms with E-state index in [4.69, 9.17) is 14.2 Å². The van der Waals surface area contributed by atoms with Gasteiger partial charge in [0.2, 0.25) is 0 Å². The minimum atomic E-state index is -0.666. The predicted molar refractivity (Wildman–Crippen MR) is 57.6 cm³/mol. The molecule has 4 nitrogen and oxygen atoms in total. The van der Waals surface area contributed by atoms with Crippen LogP contribution in [0.1, 0.15) is 16.8 Å². The maximum Gasteiger partial charge on any atom is 0.341 e. The molecule has 1 aliphatic rings. The Balaban J connectivity index is 2.07. The van der Waals surface area contributed by atoms with Gasteiger partial charge in [-0.15, -0.1) is 0 Å². The first-order valence-corrected chi connectivity index (χ1v) is 5.33. The number of carbonyl (C=O) groups excluding carboxylic acids is 1. The second-order valence-electron chi connectivity index (χ2n) is 3.74. The van der Waals surface area contributed by atoms with Gasteiger partial charge in [-0.3, -0.25) is 0 Å². The zero-order valence-electron chi connectivity index (χ0n) is 9.44. The Morgan fingerprint density at radius 1 is 1.53 bits per heavy atom.